The van der Waals surface area contributed by atoms with Crippen molar-refractivity contribution in [3.63, 3.8) is 0 Å². The Morgan fingerprint density at radius 1 is 0.977 bits per heavy atom. The summed E-state index contributed by atoms with van der Waals surface area (Å²) < 4.78 is 11.5. The van der Waals surface area contributed by atoms with Crippen LogP contribution in [0.3, 0.4) is 0 Å². The fourth-order valence-corrected chi connectivity index (χ4v) is 6.00. The summed E-state index contributed by atoms with van der Waals surface area (Å²) in [6.45, 7) is 5.49. The van der Waals surface area contributed by atoms with E-state index < -0.39 is 53.5 Å². The Balaban J connectivity index is 1.36. The lowest BCUT2D eigenvalue weighted by atomic mass is 9.79. The Bertz CT molecular complexity index is 1690. The lowest BCUT2D eigenvalue weighted by Crippen LogP contribution is -2.46. The van der Waals surface area contributed by atoms with E-state index in [9.17, 15) is 34.8 Å². The van der Waals surface area contributed by atoms with Gasteiger partial charge in [-0.25, -0.2) is 4.79 Å². The third-order valence-electron chi connectivity index (χ3n) is 8.23. The molecule has 0 unspecified atom stereocenters. The zero-order chi connectivity index (χ0) is 31.7. The van der Waals surface area contributed by atoms with Crippen molar-refractivity contribution in [1.82, 2.24) is 0 Å². The number of carbonyl (C=O) groups excluding carboxylic acids is 3. The molecule has 1 aliphatic carbocycles. The molecule has 3 aromatic rings. The number of phenols is 3. The number of benzene rings is 3. The third kappa shape index (κ3) is 5.73. The molecule has 0 amide bonds. The summed E-state index contributed by atoms with van der Waals surface area (Å²) in [5.74, 6) is -3.04. The van der Waals surface area contributed by atoms with Gasteiger partial charge in [0.05, 0.1) is 29.4 Å². The van der Waals surface area contributed by atoms with Gasteiger partial charge >= 0.3 is 5.97 Å². The lowest BCUT2D eigenvalue weighted by molar-refractivity contribution is -0.190. The standard InChI is InChI=1S/C35H36O9/c1-4-5-6-7-8-9-10-11-28(38)44-35-19(3)43-27(17-26(35)37)20-12-13-21-29(31(20)39)34(42)24-16-22-23(14-18(2)15-25(22)36)33(41)30(24)32(21)40/h8-16,19,26-27,35-37,39,41H,4-7,17H2,1-3H3/t19-,26-,27-,35-/m1/s1. The number of ketones is 2. The van der Waals surface area contributed by atoms with Crippen LogP contribution < -0.4 is 0 Å². The monoisotopic (exact) mass is 600 g/mol. The molecule has 1 aliphatic heterocycles. The highest BCUT2D eigenvalue weighted by atomic mass is 16.6. The van der Waals surface area contributed by atoms with Gasteiger partial charge in [0.2, 0.25) is 0 Å². The number of rotatable bonds is 8. The zero-order valence-electron chi connectivity index (χ0n) is 24.9. The second kappa shape index (κ2) is 12.6. The van der Waals surface area contributed by atoms with Crippen LogP contribution in [0, 0.1) is 6.92 Å². The summed E-state index contributed by atoms with van der Waals surface area (Å²) >= 11 is 0. The molecule has 1 saturated heterocycles. The minimum atomic E-state index is -1.13. The predicted molar refractivity (Wildman–Crippen MR) is 163 cm³/mol. The second-order valence-corrected chi connectivity index (χ2v) is 11.4. The third-order valence-corrected chi connectivity index (χ3v) is 8.23. The number of carbonyl (C=O) groups is 3. The Labute approximate surface area is 255 Å². The van der Waals surface area contributed by atoms with Crippen LogP contribution >= 0.6 is 0 Å². The van der Waals surface area contributed by atoms with E-state index in [-0.39, 0.29) is 50.8 Å². The van der Waals surface area contributed by atoms with Gasteiger partial charge in [-0.15, -0.1) is 0 Å². The number of phenolic OH excluding ortho intramolecular Hbond substituents is 3. The van der Waals surface area contributed by atoms with Crippen molar-refractivity contribution < 1.29 is 44.3 Å². The van der Waals surface area contributed by atoms with Crippen LogP contribution in [0.15, 0.2) is 54.6 Å². The number of hydrogen-bond donors (Lipinski definition) is 4. The fourth-order valence-electron chi connectivity index (χ4n) is 6.00. The molecule has 0 spiro atoms. The first kappa shape index (κ1) is 31.0. The van der Waals surface area contributed by atoms with Crippen LogP contribution in [0.5, 0.6) is 17.2 Å². The van der Waals surface area contributed by atoms with Crippen molar-refractivity contribution in [3.8, 4) is 17.2 Å². The second-order valence-electron chi connectivity index (χ2n) is 11.4. The average molecular weight is 601 g/mol. The number of aromatic hydroxyl groups is 3. The first-order chi connectivity index (χ1) is 21.0. The normalized spacial score (nSPS) is 21.6. The molecular formula is C35H36O9. The van der Waals surface area contributed by atoms with E-state index in [1.807, 2.05) is 6.08 Å². The van der Waals surface area contributed by atoms with E-state index in [0.717, 1.165) is 25.7 Å². The molecule has 9 heteroatoms. The Hall–Kier alpha value is -4.47. The molecule has 0 radical (unpaired) electrons. The van der Waals surface area contributed by atoms with Crippen LogP contribution in [-0.4, -0.2) is 56.3 Å². The molecule has 0 aromatic heterocycles. The molecule has 230 valence electrons. The highest BCUT2D eigenvalue weighted by molar-refractivity contribution is 6.32. The van der Waals surface area contributed by atoms with Gasteiger partial charge in [0.25, 0.3) is 0 Å². The highest BCUT2D eigenvalue weighted by Crippen LogP contribution is 2.45. The molecule has 2 aliphatic rings. The van der Waals surface area contributed by atoms with Gasteiger partial charge in [0, 0.05) is 40.0 Å². The number of aliphatic hydroxyl groups is 1. The van der Waals surface area contributed by atoms with Gasteiger partial charge in [0.15, 0.2) is 17.7 Å². The van der Waals surface area contributed by atoms with Gasteiger partial charge in [-0.3, -0.25) is 9.59 Å². The fraction of sp³-hybridized carbons (Fsp3) is 0.343. The number of aryl methyl sites for hydroxylation is 1. The average Bonchev–Trinajstić information content (AvgIpc) is 2.97. The molecule has 1 heterocycles. The van der Waals surface area contributed by atoms with E-state index in [1.54, 1.807) is 32.1 Å². The van der Waals surface area contributed by atoms with Crippen LogP contribution in [0.2, 0.25) is 0 Å². The minimum Gasteiger partial charge on any atom is -0.507 e. The molecule has 3 aromatic carbocycles. The van der Waals surface area contributed by atoms with E-state index in [0.29, 0.717) is 5.56 Å². The topological polar surface area (TPSA) is 151 Å². The number of hydrogen-bond acceptors (Lipinski definition) is 9. The van der Waals surface area contributed by atoms with Gasteiger partial charge in [-0.2, -0.15) is 0 Å². The summed E-state index contributed by atoms with van der Waals surface area (Å²) in [5.41, 5.74) is 0.157. The SMILES string of the molecule is CCCCCC=CC=CC(=O)O[C@H]1[C@H](O)C[C@H](c2ccc3c(c2O)C(=O)c2cc4c(O)cc(C)cc4c(O)c2C3=O)O[C@@H]1C. The van der Waals surface area contributed by atoms with Gasteiger partial charge in [0.1, 0.15) is 17.2 Å². The Kier molecular flexibility index (Phi) is 8.90. The lowest BCUT2D eigenvalue weighted by Gasteiger charge is -2.38. The smallest absolute Gasteiger partial charge is 0.331 e. The molecular weight excluding hydrogens is 564 g/mol. The number of aliphatic hydroxyl groups excluding tert-OH is 1. The first-order valence-electron chi connectivity index (χ1n) is 14.8. The van der Waals surface area contributed by atoms with Crippen molar-refractivity contribution in [3.05, 3.63) is 88.0 Å². The molecule has 0 saturated carbocycles. The van der Waals surface area contributed by atoms with Crippen molar-refractivity contribution >= 4 is 28.3 Å². The van der Waals surface area contributed by atoms with Crippen LogP contribution in [0.1, 0.15) is 95.0 Å². The number of unbranched alkanes of at least 4 members (excludes halogenated alkanes) is 3. The van der Waals surface area contributed by atoms with Crippen molar-refractivity contribution in [1.29, 1.82) is 0 Å². The Morgan fingerprint density at radius 3 is 2.43 bits per heavy atom. The maximum Gasteiger partial charge on any atom is 0.331 e. The zero-order valence-corrected chi connectivity index (χ0v) is 24.9. The molecule has 0 bridgehead atoms. The van der Waals surface area contributed by atoms with Gasteiger partial charge < -0.3 is 29.9 Å². The van der Waals surface area contributed by atoms with Crippen LogP contribution in [0.4, 0.5) is 0 Å². The summed E-state index contributed by atoms with van der Waals surface area (Å²) in [6, 6.07) is 7.27. The summed E-state index contributed by atoms with van der Waals surface area (Å²) in [4.78, 5) is 39.6. The van der Waals surface area contributed by atoms with Crippen molar-refractivity contribution in [2.75, 3.05) is 0 Å². The largest absolute Gasteiger partial charge is 0.507 e. The summed E-state index contributed by atoms with van der Waals surface area (Å²) in [6.07, 6.45) is 7.14. The van der Waals surface area contributed by atoms with Crippen molar-refractivity contribution in [2.24, 2.45) is 0 Å². The number of fused-ring (bicyclic) bond motifs is 3. The number of ether oxygens (including phenoxy) is 2. The van der Waals surface area contributed by atoms with E-state index in [4.69, 9.17) is 9.47 Å². The molecule has 4 atom stereocenters. The maximum absolute atomic E-state index is 13.7. The van der Waals surface area contributed by atoms with Gasteiger partial charge in [-0.05, 0) is 56.5 Å². The van der Waals surface area contributed by atoms with Gasteiger partial charge in [-0.1, -0.05) is 44.1 Å². The molecule has 9 nitrogen and oxygen atoms in total. The summed E-state index contributed by atoms with van der Waals surface area (Å²) in [7, 11) is 0. The molecule has 4 N–H and O–H groups in total. The van der Waals surface area contributed by atoms with Crippen LogP contribution in [-0.2, 0) is 14.3 Å². The van der Waals surface area contributed by atoms with Crippen LogP contribution in [0.25, 0.3) is 10.8 Å². The summed E-state index contributed by atoms with van der Waals surface area (Å²) in [5, 5.41) is 44.1. The highest BCUT2D eigenvalue weighted by Gasteiger charge is 2.42. The van der Waals surface area contributed by atoms with E-state index >= 15 is 0 Å². The molecule has 44 heavy (non-hydrogen) atoms. The number of allylic oxidation sites excluding steroid dienone is 3. The van der Waals surface area contributed by atoms with Crippen molar-refractivity contribution in [2.45, 2.75) is 77.3 Å². The molecule has 1 fully saturated rings. The van der Waals surface area contributed by atoms with E-state index in [1.165, 1.54) is 30.3 Å². The molecule has 5 rings (SSSR count). The quantitative estimate of drug-likeness (QED) is 0.0844. The van der Waals surface area contributed by atoms with E-state index in [2.05, 4.69) is 6.92 Å². The maximum atomic E-state index is 13.7. The first-order valence-corrected chi connectivity index (χ1v) is 14.8. The predicted octanol–water partition coefficient (Wildman–Crippen LogP) is 5.86. The Morgan fingerprint density at radius 2 is 1.70 bits per heavy atom. The number of esters is 1. The minimum absolute atomic E-state index is 0.0486.